The van der Waals surface area contributed by atoms with Gasteiger partial charge in [-0.15, -0.1) is 11.3 Å². The predicted molar refractivity (Wildman–Crippen MR) is 115 cm³/mol. The molecule has 0 aromatic carbocycles. The summed E-state index contributed by atoms with van der Waals surface area (Å²) in [5, 5.41) is 6.00. The summed E-state index contributed by atoms with van der Waals surface area (Å²) < 4.78 is 0. The highest BCUT2D eigenvalue weighted by Gasteiger charge is 2.42. The maximum absolute atomic E-state index is 13.1. The molecule has 0 bridgehead atoms. The fourth-order valence-corrected chi connectivity index (χ4v) is 5.81. The maximum Gasteiger partial charge on any atom is 0.257 e. The summed E-state index contributed by atoms with van der Waals surface area (Å²) in [4.78, 5) is 34.8. The molecule has 2 aromatic heterocycles. The summed E-state index contributed by atoms with van der Waals surface area (Å²) in [6, 6.07) is 3.97. The molecule has 4 rings (SSSR count). The Morgan fingerprint density at radius 1 is 1.32 bits per heavy atom. The molecule has 0 saturated heterocycles. The van der Waals surface area contributed by atoms with Crippen molar-refractivity contribution in [1.82, 2.24) is 9.97 Å². The van der Waals surface area contributed by atoms with Gasteiger partial charge in [0.05, 0.1) is 11.5 Å². The average Bonchev–Trinajstić information content (AvgIpc) is 3.13. The molecule has 1 aliphatic heterocycles. The number of fused-ring (bicyclic) bond motifs is 1. The van der Waals surface area contributed by atoms with Crippen molar-refractivity contribution in [2.75, 3.05) is 11.1 Å². The molecular formula is C21H25N3O2S2. The third-order valence-electron chi connectivity index (χ3n) is 5.26. The van der Waals surface area contributed by atoms with Crippen molar-refractivity contribution < 1.29 is 4.79 Å². The average molecular weight is 416 g/mol. The summed E-state index contributed by atoms with van der Waals surface area (Å²) in [5.41, 5.74) is 1.98. The van der Waals surface area contributed by atoms with Crippen LogP contribution in [0.4, 0.5) is 5.82 Å². The Balaban J connectivity index is 1.83. The van der Waals surface area contributed by atoms with Gasteiger partial charge in [0.1, 0.15) is 5.82 Å². The molecule has 3 heterocycles. The number of hydrogen-bond acceptors (Lipinski definition) is 6. The van der Waals surface area contributed by atoms with Crippen molar-refractivity contribution in [2.24, 2.45) is 5.41 Å². The molecule has 7 heteroatoms. The monoisotopic (exact) mass is 415 g/mol. The second-order valence-electron chi connectivity index (χ2n) is 8.24. The largest absolute Gasteiger partial charge is 0.343 e. The van der Waals surface area contributed by atoms with Crippen LogP contribution in [0.25, 0.3) is 0 Å². The van der Waals surface area contributed by atoms with Gasteiger partial charge in [0.15, 0.2) is 10.9 Å². The molecule has 28 heavy (non-hydrogen) atoms. The number of hydrogen-bond donors (Lipinski definition) is 2. The van der Waals surface area contributed by atoms with E-state index >= 15 is 0 Å². The van der Waals surface area contributed by atoms with Crippen LogP contribution in [-0.4, -0.2) is 21.5 Å². The number of carbonyl (C=O) groups is 1. The lowest BCUT2D eigenvalue weighted by Crippen LogP contribution is -2.36. The molecule has 148 valence electrons. The summed E-state index contributed by atoms with van der Waals surface area (Å²) in [5.74, 6) is 1.32. The maximum atomic E-state index is 13.1. The zero-order chi connectivity index (χ0) is 19.9. The van der Waals surface area contributed by atoms with Crippen molar-refractivity contribution in [3.63, 3.8) is 0 Å². The number of Topliss-reactive ketones (excluding diaryl/α,β-unsaturated/α-hetero) is 1. The summed E-state index contributed by atoms with van der Waals surface area (Å²) in [7, 11) is 0. The van der Waals surface area contributed by atoms with Gasteiger partial charge in [-0.05, 0) is 29.7 Å². The van der Waals surface area contributed by atoms with E-state index in [-0.39, 0.29) is 22.7 Å². The minimum Gasteiger partial charge on any atom is -0.343 e. The van der Waals surface area contributed by atoms with Crippen LogP contribution in [0.15, 0.2) is 38.7 Å². The number of unbranched alkanes of at least 4 members (excludes halogenated alkanes) is 1. The summed E-state index contributed by atoms with van der Waals surface area (Å²) in [6.45, 7) is 6.37. The van der Waals surface area contributed by atoms with Crippen molar-refractivity contribution >= 4 is 34.7 Å². The number of anilines is 1. The lowest BCUT2D eigenvalue weighted by molar-refractivity contribution is -0.118. The van der Waals surface area contributed by atoms with E-state index < -0.39 is 0 Å². The molecular weight excluding hydrogens is 390 g/mol. The number of H-pyrrole nitrogens is 1. The molecule has 2 N–H and O–H groups in total. The Hall–Kier alpha value is -1.86. The van der Waals surface area contributed by atoms with E-state index in [1.165, 1.54) is 0 Å². The van der Waals surface area contributed by atoms with E-state index in [9.17, 15) is 9.59 Å². The Bertz CT molecular complexity index is 990. The van der Waals surface area contributed by atoms with Crippen molar-refractivity contribution in [2.45, 2.75) is 57.5 Å². The molecule has 5 nitrogen and oxygen atoms in total. The van der Waals surface area contributed by atoms with Gasteiger partial charge < -0.3 is 10.3 Å². The van der Waals surface area contributed by atoms with E-state index in [2.05, 4.69) is 31.1 Å². The van der Waals surface area contributed by atoms with Gasteiger partial charge in [0.2, 0.25) is 0 Å². The van der Waals surface area contributed by atoms with Gasteiger partial charge in [-0.1, -0.05) is 45.0 Å². The summed E-state index contributed by atoms with van der Waals surface area (Å²) in [6.07, 6.45) is 3.46. The molecule has 0 unspecified atom stereocenters. The van der Waals surface area contributed by atoms with Crippen molar-refractivity contribution in [1.29, 1.82) is 0 Å². The fraction of sp³-hybridized carbons (Fsp3) is 0.476. The van der Waals surface area contributed by atoms with Crippen LogP contribution in [0.2, 0.25) is 0 Å². The highest BCUT2D eigenvalue weighted by molar-refractivity contribution is 7.99. The molecule has 0 fully saturated rings. The third-order valence-corrected chi connectivity index (χ3v) is 7.16. The highest BCUT2D eigenvalue weighted by Crippen LogP contribution is 2.48. The van der Waals surface area contributed by atoms with Gasteiger partial charge in [-0.3, -0.25) is 9.59 Å². The quantitative estimate of drug-likeness (QED) is 0.412. The van der Waals surface area contributed by atoms with Crippen LogP contribution in [0.1, 0.15) is 62.8 Å². The number of thioether (sulfide) groups is 1. The number of nitrogens with one attached hydrogen (secondary N) is 2. The highest BCUT2D eigenvalue weighted by atomic mass is 32.2. The molecule has 0 amide bonds. The molecule has 1 aliphatic carbocycles. The first-order valence-corrected chi connectivity index (χ1v) is 11.6. The van der Waals surface area contributed by atoms with E-state index in [4.69, 9.17) is 4.98 Å². The Morgan fingerprint density at radius 2 is 2.14 bits per heavy atom. The number of thiophene rings is 1. The number of allylic oxidation sites excluding steroid dienone is 2. The first-order valence-electron chi connectivity index (χ1n) is 9.73. The van der Waals surface area contributed by atoms with Crippen LogP contribution in [0.5, 0.6) is 0 Å². The molecule has 0 radical (unpaired) electrons. The molecule has 2 aromatic rings. The zero-order valence-electron chi connectivity index (χ0n) is 16.4. The van der Waals surface area contributed by atoms with Gasteiger partial charge in [0, 0.05) is 28.3 Å². The predicted octanol–water partition coefficient (Wildman–Crippen LogP) is 4.92. The Morgan fingerprint density at radius 3 is 2.86 bits per heavy atom. The fourth-order valence-electron chi connectivity index (χ4n) is 4.01. The van der Waals surface area contributed by atoms with Crippen molar-refractivity contribution in [3.05, 3.63) is 49.6 Å². The van der Waals surface area contributed by atoms with Crippen LogP contribution in [0, 0.1) is 5.41 Å². The van der Waals surface area contributed by atoms with Crippen molar-refractivity contribution in [3.8, 4) is 0 Å². The minimum absolute atomic E-state index is 0.0969. The number of nitrogens with zero attached hydrogens (tertiary/aromatic N) is 1. The first kappa shape index (κ1) is 19.5. The lowest BCUT2D eigenvalue weighted by atomic mass is 9.70. The smallest absolute Gasteiger partial charge is 0.257 e. The zero-order valence-corrected chi connectivity index (χ0v) is 18.1. The van der Waals surface area contributed by atoms with Gasteiger partial charge in [0.25, 0.3) is 5.56 Å². The van der Waals surface area contributed by atoms with E-state index in [0.717, 1.165) is 41.2 Å². The van der Waals surface area contributed by atoms with E-state index in [1.807, 2.05) is 17.5 Å². The summed E-state index contributed by atoms with van der Waals surface area (Å²) >= 11 is 3.15. The Kier molecular flexibility index (Phi) is 5.22. The van der Waals surface area contributed by atoms with Crippen LogP contribution in [-0.2, 0) is 4.79 Å². The second kappa shape index (κ2) is 7.52. The molecule has 2 aliphatic rings. The SMILES string of the molecule is CCCCSc1nc2c(c(=O)[nH]1)[C@H](c1cccs1)C1=C(CC(C)(C)CC1=O)N2. The van der Waals surface area contributed by atoms with Gasteiger partial charge in [-0.2, -0.15) is 0 Å². The molecule has 0 saturated carbocycles. The second-order valence-corrected chi connectivity index (χ2v) is 10.3. The van der Waals surface area contributed by atoms with E-state index in [0.29, 0.717) is 23.0 Å². The molecule has 0 spiro atoms. The van der Waals surface area contributed by atoms with Gasteiger partial charge in [-0.25, -0.2) is 4.98 Å². The number of aromatic nitrogens is 2. The normalized spacial score (nSPS) is 20.5. The van der Waals surface area contributed by atoms with Crippen LogP contribution < -0.4 is 10.9 Å². The number of rotatable bonds is 5. The number of aromatic amines is 1. The van der Waals surface area contributed by atoms with Crippen LogP contribution >= 0.6 is 23.1 Å². The lowest BCUT2D eigenvalue weighted by Gasteiger charge is -2.38. The molecule has 1 atom stereocenters. The van der Waals surface area contributed by atoms with Crippen LogP contribution in [0.3, 0.4) is 0 Å². The number of carbonyl (C=O) groups excluding carboxylic acids is 1. The van der Waals surface area contributed by atoms with Gasteiger partial charge >= 0.3 is 0 Å². The van der Waals surface area contributed by atoms with E-state index in [1.54, 1.807) is 23.1 Å². The third kappa shape index (κ3) is 3.57. The Labute approximate surface area is 173 Å². The first-order chi connectivity index (χ1) is 13.4. The number of ketones is 1. The topological polar surface area (TPSA) is 74.8 Å². The standard InChI is InChI=1S/C21H25N3O2S2/c1-4-5-8-28-20-23-18-17(19(26)24-20)16(14-7-6-9-27-14)15-12(22-18)10-21(2,3)11-13(15)25/h6-7,9,16H,4-5,8,10-11H2,1-3H3,(H2,22,23,24,26)/t16-/m1/s1. The minimum atomic E-state index is -0.333.